The van der Waals surface area contributed by atoms with Crippen molar-refractivity contribution in [1.29, 1.82) is 0 Å². The molecule has 0 spiro atoms. The van der Waals surface area contributed by atoms with Gasteiger partial charge >= 0.3 is 0 Å². The van der Waals surface area contributed by atoms with E-state index in [-0.39, 0.29) is 11.7 Å². The topological polar surface area (TPSA) is 85.9 Å². The third-order valence-electron chi connectivity index (χ3n) is 6.49. The molecule has 0 atom stereocenters. The highest BCUT2D eigenvalue weighted by Crippen LogP contribution is 2.28. The molecule has 1 aliphatic heterocycles. The molecule has 0 radical (unpaired) electrons. The largest absolute Gasteiger partial charge is 0.338 e. The third-order valence-corrected chi connectivity index (χ3v) is 6.49. The van der Waals surface area contributed by atoms with Gasteiger partial charge in [0, 0.05) is 5.56 Å². The van der Waals surface area contributed by atoms with E-state index in [2.05, 4.69) is 49.9 Å². The minimum absolute atomic E-state index is 0.229. The maximum Gasteiger partial charge on any atom is 0.256 e. The van der Waals surface area contributed by atoms with Crippen molar-refractivity contribution in [3.8, 4) is 0 Å². The lowest BCUT2D eigenvalue weighted by Gasteiger charge is -2.29. The molecule has 5 rings (SSSR count). The van der Waals surface area contributed by atoms with E-state index in [9.17, 15) is 9.18 Å². The number of hydrogen-bond donors (Lipinski definition) is 3. The molecule has 1 fully saturated rings. The fraction of sp³-hybridized carbons (Fsp3) is 0.269. The standard InChI is InChI=1S/C26H27FN6O/c1-16-4-3-5-21(27)23(16)28-22-11-10-20-24(29-22)31-32-25(20)30-26(34)19-8-6-17(7-9-19)18-12-14-33(2)15-13-18/h3-11,18H,12-15H2,1-2H3,(H3,28,29,30,31,32,34). The molecule has 0 unspecified atom stereocenters. The van der Waals surface area contributed by atoms with Crippen LogP contribution in [0.4, 0.5) is 21.7 Å². The molecule has 4 aromatic rings. The van der Waals surface area contributed by atoms with Crippen LogP contribution < -0.4 is 10.6 Å². The maximum atomic E-state index is 14.1. The zero-order valence-electron chi connectivity index (χ0n) is 19.2. The van der Waals surface area contributed by atoms with E-state index in [4.69, 9.17) is 0 Å². The van der Waals surface area contributed by atoms with Gasteiger partial charge in [0.1, 0.15) is 11.6 Å². The summed E-state index contributed by atoms with van der Waals surface area (Å²) in [4.78, 5) is 19.6. The number of para-hydroxylation sites is 1. The predicted octanol–water partition coefficient (Wildman–Crippen LogP) is 5.21. The number of pyridine rings is 1. The maximum absolute atomic E-state index is 14.1. The third kappa shape index (κ3) is 4.49. The number of fused-ring (bicyclic) bond motifs is 1. The number of aromatic nitrogens is 3. The SMILES string of the molecule is Cc1cccc(F)c1Nc1ccc2c(NC(=O)c3ccc(C4CCN(C)CC4)cc3)n[nH]c2n1. The zero-order valence-corrected chi connectivity index (χ0v) is 19.2. The van der Waals surface area contributed by atoms with Gasteiger partial charge in [0.15, 0.2) is 11.5 Å². The van der Waals surface area contributed by atoms with Gasteiger partial charge in [0.25, 0.3) is 5.91 Å². The number of benzene rings is 2. The quantitative estimate of drug-likeness (QED) is 0.382. The highest BCUT2D eigenvalue weighted by molar-refractivity contribution is 6.07. The van der Waals surface area contributed by atoms with E-state index in [0.717, 1.165) is 31.5 Å². The molecule has 174 valence electrons. The number of likely N-dealkylation sites (tertiary alicyclic amines) is 1. The van der Waals surface area contributed by atoms with Gasteiger partial charge in [0.05, 0.1) is 11.1 Å². The molecule has 3 N–H and O–H groups in total. The number of aromatic amines is 1. The molecule has 1 saturated heterocycles. The van der Waals surface area contributed by atoms with Crippen LogP contribution in [0.15, 0.2) is 54.6 Å². The average molecular weight is 459 g/mol. The fourth-order valence-corrected chi connectivity index (χ4v) is 4.42. The summed E-state index contributed by atoms with van der Waals surface area (Å²) in [7, 11) is 2.15. The van der Waals surface area contributed by atoms with E-state index in [1.54, 1.807) is 18.2 Å². The lowest BCUT2D eigenvalue weighted by molar-refractivity contribution is 0.102. The first-order chi connectivity index (χ1) is 16.5. The number of aryl methyl sites for hydroxylation is 1. The molecule has 0 aliphatic carbocycles. The summed E-state index contributed by atoms with van der Waals surface area (Å²) in [6.45, 7) is 4.03. The van der Waals surface area contributed by atoms with Crippen LogP contribution in [0.2, 0.25) is 0 Å². The molecule has 1 amide bonds. The molecule has 1 aliphatic rings. The smallest absolute Gasteiger partial charge is 0.256 e. The molecule has 34 heavy (non-hydrogen) atoms. The molecule has 0 saturated carbocycles. The zero-order chi connectivity index (χ0) is 23.7. The van der Waals surface area contributed by atoms with Crippen molar-refractivity contribution in [2.24, 2.45) is 0 Å². The Kier molecular flexibility index (Phi) is 5.98. The number of carbonyl (C=O) groups excluding carboxylic acids is 1. The first-order valence-corrected chi connectivity index (χ1v) is 11.4. The normalized spacial score (nSPS) is 14.9. The molecule has 8 heteroatoms. The summed E-state index contributed by atoms with van der Waals surface area (Å²) in [6, 6.07) is 16.3. The molecular formula is C26H27FN6O. The summed E-state index contributed by atoms with van der Waals surface area (Å²) in [5, 5.41) is 13.6. The minimum atomic E-state index is -0.346. The number of carbonyl (C=O) groups is 1. The Bertz CT molecular complexity index is 1300. The monoisotopic (exact) mass is 458 g/mol. The second kappa shape index (κ2) is 9.23. The van der Waals surface area contributed by atoms with Crippen molar-refractivity contribution in [3.63, 3.8) is 0 Å². The van der Waals surface area contributed by atoms with Crippen molar-refractivity contribution < 1.29 is 9.18 Å². The van der Waals surface area contributed by atoms with Crippen LogP contribution in [0.25, 0.3) is 11.0 Å². The Morgan fingerprint density at radius 1 is 1.09 bits per heavy atom. The van der Waals surface area contributed by atoms with Gasteiger partial charge in [-0.1, -0.05) is 24.3 Å². The predicted molar refractivity (Wildman–Crippen MR) is 132 cm³/mol. The second-order valence-electron chi connectivity index (χ2n) is 8.88. The highest BCUT2D eigenvalue weighted by Gasteiger charge is 2.19. The van der Waals surface area contributed by atoms with Crippen molar-refractivity contribution in [2.45, 2.75) is 25.7 Å². The summed E-state index contributed by atoms with van der Waals surface area (Å²) in [5.74, 6) is 0.853. The highest BCUT2D eigenvalue weighted by atomic mass is 19.1. The van der Waals surface area contributed by atoms with E-state index >= 15 is 0 Å². The van der Waals surface area contributed by atoms with Gasteiger partial charge in [-0.25, -0.2) is 9.37 Å². The summed E-state index contributed by atoms with van der Waals surface area (Å²) < 4.78 is 14.1. The summed E-state index contributed by atoms with van der Waals surface area (Å²) in [6.07, 6.45) is 2.28. The first kappa shape index (κ1) is 22.0. The Morgan fingerprint density at radius 3 is 2.59 bits per heavy atom. The van der Waals surface area contributed by atoms with Crippen molar-refractivity contribution in [2.75, 3.05) is 30.8 Å². The van der Waals surface area contributed by atoms with Crippen molar-refractivity contribution in [1.82, 2.24) is 20.1 Å². The van der Waals surface area contributed by atoms with Crippen LogP contribution in [-0.4, -0.2) is 46.1 Å². The number of amides is 1. The van der Waals surface area contributed by atoms with Crippen LogP contribution in [0.3, 0.4) is 0 Å². The number of anilines is 3. The van der Waals surface area contributed by atoms with Crippen molar-refractivity contribution >= 4 is 34.3 Å². The van der Waals surface area contributed by atoms with E-state index < -0.39 is 0 Å². The number of nitrogens with zero attached hydrogens (tertiary/aromatic N) is 3. The Labute approximate surface area is 197 Å². The van der Waals surface area contributed by atoms with Gasteiger partial charge in [-0.2, -0.15) is 5.10 Å². The number of piperidine rings is 1. The van der Waals surface area contributed by atoms with Gasteiger partial charge in [0.2, 0.25) is 0 Å². The lowest BCUT2D eigenvalue weighted by Crippen LogP contribution is -2.29. The molecule has 2 aromatic heterocycles. The number of hydrogen-bond acceptors (Lipinski definition) is 5. The average Bonchev–Trinajstić information content (AvgIpc) is 3.24. The second-order valence-corrected chi connectivity index (χ2v) is 8.88. The van der Waals surface area contributed by atoms with Crippen LogP contribution in [-0.2, 0) is 0 Å². The lowest BCUT2D eigenvalue weighted by atomic mass is 9.89. The number of nitrogens with one attached hydrogen (secondary N) is 3. The van der Waals surface area contributed by atoms with Crippen molar-refractivity contribution in [3.05, 3.63) is 77.1 Å². The summed E-state index contributed by atoms with van der Waals surface area (Å²) in [5.41, 5.74) is 3.51. The van der Waals surface area contributed by atoms with Crippen LogP contribution in [0, 0.1) is 12.7 Å². The first-order valence-electron chi connectivity index (χ1n) is 11.4. The molecule has 3 heterocycles. The van der Waals surface area contributed by atoms with E-state index in [1.807, 2.05) is 25.1 Å². The van der Waals surface area contributed by atoms with E-state index in [1.165, 1.54) is 11.6 Å². The van der Waals surface area contributed by atoms with Gasteiger partial charge in [-0.3, -0.25) is 9.89 Å². The van der Waals surface area contributed by atoms with Crippen LogP contribution >= 0.6 is 0 Å². The molecule has 7 nitrogen and oxygen atoms in total. The molecular weight excluding hydrogens is 431 g/mol. The minimum Gasteiger partial charge on any atom is -0.338 e. The van der Waals surface area contributed by atoms with Crippen LogP contribution in [0.1, 0.15) is 40.2 Å². The Hall–Kier alpha value is -3.78. The van der Waals surface area contributed by atoms with E-state index in [0.29, 0.717) is 39.8 Å². The summed E-state index contributed by atoms with van der Waals surface area (Å²) >= 11 is 0. The number of H-pyrrole nitrogens is 1. The molecule has 0 bridgehead atoms. The van der Waals surface area contributed by atoms with Crippen LogP contribution in [0.5, 0.6) is 0 Å². The van der Waals surface area contributed by atoms with Gasteiger partial charge in [-0.05, 0) is 87.3 Å². The number of halogens is 1. The Balaban J connectivity index is 1.29. The Morgan fingerprint density at radius 2 is 1.85 bits per heavy atom. The van der Waals surface area contributed by atoms with Gasteiger partial charge < -0.3 is 15.5 Å². The molecule has 2 aromatic carbocycles. The van der Waals surface area contributed by atoms with Gasteiger partial charge in [-0.15, -0.1) is 0 Å². The number of rotatable bonds is 5. The fourth-order valence-electron chi connectivity index (χ4n) is 4.42.